The van der Waals surface area contributed by atoms with Crippen molar-refractivity contribution in [3.63, 3.8) is 0 Å². The second-order valence-electron chi connectivity index (χ2n) is 7.62. The van der Waals surface area contributed by atoms with E-state index in [0.717, 1.165) is 17.9 Å². The van der Waals surface area contributed by atoms with E-state index in [1.54, 1.807) is 11.1 Å². The number of hydrogen-bond donors (Lipinski definition) is 1. The van der Waals surface area contributed by atoms with Crippen molar-refractivity contribution in [1.82, 2.24) is 5.32 Å². The summed E-state index contributed by atoms with van der Waals surface area (Å²) >= 11 is 0. The van der Waals surface area contributed by atoms with Crippen LogP contribution in [-0.4, -0.2) is 12.6 Å². The van der Waals surface area contributed by atoms with Gasteiger partial charge >= 0.3 is 0 Å². The van der Waals surface area contributed by atoms with Gasteiger partial charge in [0.2, 0.25) is 0 Å². The Kier molecular flexibility index (Phi) is 3.42. The molecule has 0 radical (unpaired) electrons. The molecule has 1 saturated carbocycles. The molecule has 104 valence electrons. The van der Waals surface area contributed by atoms with Gasteiger partial charge in [-0.2, -0.15) is 0 Å². The van der Waals surface area contributed by atoms with Crippen LogP contribution in [0.15, 0.2) is 24.3 Å². The van der Waals surface area contributed by atoms with E-state index in [2.05, 4.69) is 50.4 Å². The van der Waals surface area contributed by atoms with Gasteiger partial charge in [0.1, 0.15) is 0 Å². The topological polar surface area (TPSA) is 12.0 Å². The van der Waals surface area contributed by atoms with Gasteiger partial charge in [-0.15, -0.1) is 0 Å². The maximum atomic E-state index is 3.85. The molecule has 0 amide bonds. The third kappa shape index (κ3) is 2.86. The Morgan fingerprint density at radius 1 is 1.21 bits per heavy atom. The summed E-state index contributed by atoms with van der Waals surface area (Å²) in [6.07, 6.45) is 5.36. The number of fused-ring (bicyclic) bond motifs is 1. The van der Waals surface area contributed by atoms with Crippen molar-refractivity contribution in [2.75, 3.05) is 6.54 Å². The molecule has 1 aromatic rings. The largest absolute Gasteiger partial charge is 0.313 e. The van der Waals surface area contributed by atoms with Gasteiger partial charge in [-0.1, -0.05) is 45.0 Å². The van der Waals surface area contributed by atoms with Crippen molar-refractivity contribution in [2.24, 2.45) is 11.3 Å². The van der Waals surface area contributed by atoms with Crippen LogP contribution in [0, 0.1) is 11.3 Å². The highest BCUT2D eigenvalue weighted by Gasteiger charge is 2.33. The van der Waals surface area contributed by atoms with E-state index in [1.165, 1.54) is 32.2 Å². The normalized spacial score (nSPS) is 32.5. The lowest BCUT2D eigenvalue weighted by Crippen LogP contribution is -2.42. The summed E-state index contributed by atoms with van der Waals surface area (Å²) in [4.78, 5) is 0. The quantitative estimate of drug-likeness (QED) is 0.858. The lowest BCUT2D eigenvalue weighted by atomic mass is 9.70. The van der Waals surface area contributed by atoms with Crippen molar-refractivity contribution < 1.29 is 0 Å². The number of rotatable bonds is 3. The molecule has 0 spiro atoms. The molecule has 0 bridgehead atoms. The standard InChI is InChI=1S/C18H27N/c1-13-8-16(11-18(2,3)10-13)19-12-15-9-14-6-4-5-7-17(14)15/h4-7,13,15-16,19H,8-12H2,1-3H3. The van der Waals surface area contributed by atoms with E-state index in [-0.39, 0.29) is 0 Å². The average Bonchev–Trinajstić information content (AvgIpc) is 2.27. The first kappa shape index (κ1) is 13.2. The molecule has 0 heterocycles. The van der Waals surface area contributed by atoms with Crippen LogP contribution in [-0.2, 0) is 6.42 Å². The predicted octanol–water partition coefficient (Wildman–Crippen LogP) is 4.13. The highest BCUT2D eigenvalue weighted by molar-refractivity contribution is 5.40. The predicted molar refractivity (Wildman–Crippen MR) is 81.5 cm³/mol. The minimum Gasteiger partial charge on any atom is -0.313 e. The highest BCUT2D eigenvalue weighted by atomic mass is 14.9. The Labute approximate surface area is 117 Å². The minimum absolute atomic E-state index is 0.521. The van der Waals surface area contributed by atoms with Crippen molar-refractivity contribution in [3.8, 4) is 0 Å². The highest BCUT2D eigenvalue weighted by Crippen LogP contribution is 2.39. The van der Waals surface area contributed by atoms with E-state index in [9.17, 15) is 0 Å². The Balaban J connectivity index is 1.54. The van der Waals surface area contributed by atoms with Crippen molar-refractivity contribution >= 4 is 0 Å². The van der Waals surface area contributed by atoms with Crippen LogP contribution in [0.5, 0.6) is 0 Å². The summed E-state index contributed by atoms with van der Waals surface area (Å²) < 4.78 is 0. The maximum Gasteiger partial charge on any atom is 0.00749 e. The molecule has 3 atom stereocenters. The molecule has 2 aliphatic rings. The summed E-state index contributed by atoms with van der Waals surface area (Å²) in [6, 6.07) is 9.65. The number of benzene rings is 1. The number of nitrogens with one attached hydrogen (secondary N) is 1. The Morgan fingerprint density at radius 3 is 2.74 bits per heavy atom. The van der Waals surface area contributed by atoms with Crippen LogP contribution in [0.4, 0.5) is 0 Å². The third-order valence-electron chi connectivity index (χ3n) is 5.00. The molecule has 2 aliphatic carbocycles. The molecule has 1 heteroatoms. The van der Waals surface area contributed by atoms with Gasteiger partial charge in [0.05, 0.1) is 0 Å². The molecule has 0 aliphatic heterocycles. The van der Waals surface area contributed by atoms with E-state index in [4.69, 9.17) is 0 Å². The lowest BCUT2D eigenvalue weighted by Gasteiger charge is -2.40. The van der Waals surface area contributed by atoms with Crippen molar-refractivity contribution in [1.29, 1.82) is 0 Å². The average molecular weight is 257 g/mol. The molecular formula is C18H27N. The Morgan fingerprint density at radius 2 is 2.00 bits per heavy atom. The van der Waals surface area contributed by atoms with Gasteiger partial charge in [0.25, 0.3) is 0 Å². The van der Waals surface area contributed by atoms with Gasteiger partial charge in [0, 0.05) is 18.5 Å². The zero-order chi connectivity index (χ0) is 13.5. The van der Waals surface area contributed by atoms with E-state index < -0.39 is 0 Å². The third-order valence-corrected chi connectivity index (χ3v) is 5.00. The molecule has 0 aromatic heterocycles. The SMILES string of the molecule is CC1CC(NCC2Cc3ccccc32)CC(C)(C)C1. The van der Waals surface area contributed by atoms with Crippen LogP contribution in [0.3, 0.4) is 0 Å². The molecular weight excluding hydrogens is 230 g/mol. The molecule has 19 heavy (non-hydrogen) atoms. The van der Waals surface area contributed by atoms with Gasteiger partial charge in [-0.25, -0.2) is 0 Å². The lowest BCUT2D eigenvalue weighted by molar-refractivity contribution is 0.150. The summed E-state index contributed by atoms with van der Waals surface area (Å²) in [6.45, 7) is 8.44. The fraction of sp³-hybridized carbons (Fsp3) is 0.667. The van der Waals surface area contributed by atoms with Gasteiger partial charge in [0.15, 0.2) is 0 Å². The smallest absolute Gasteiger partial charge is 0.00749 e. The van der Waals surface area contributed by atoms with Crippen LogP contribution < -0.4 is 5.32 Å². The molecule has 1 aromatic carbocycles. The van der Waals surface area contributed by atoms with Crippen LogP contribution >= 0.6 is 0 Å². The Bertz CT molecular complexity index is 449. The fourth-order valence-corrected chi connectivity index (χ4v) is 4.36. The molecule has 3 rings (SSSR count). The maximum absolute atomic E-state index is 3.85. The minimum atomic E-state index is 0.521. The van der Waals surface area contributed by atoms with Crippen molar-refractivity contribution in [3.05, 3.63) is 35.4 Å². The summed E-state index contributed by atoms with van der Waals surface area (Å²) in [5.74, 6) is 1.63. The Hall–Kier alpha value is -0.820. The number of hydrogen-bond acceptors (Lipinski definition) is 1. The van der Waals surface area contributed by atoms with Gasteiger partial charge in [-0.05, 0) is 48.1 Å². The second kappa shape index (κ2) is 4.94. The van der Waals surface area contributed by atoms with Crippen LogP contribution in [0.1, 0.15) is 57.1 Å². The first-order valence-electron chi connectivity index (χ1n) is 7.85. The fourth-order valence-electron chi connectivity index (χ4n) is 4.36. The summed E-state index contributed by atoms with van der Waals surface area (Å²) in [5, 5.41) is 3.85. The van der Waals surface area contributed by atoms with Crippen LogP contribution in [0.25, 0.3) is 0 Å². The first-order valence-corrected chi connectivity index (χ1v) is 7.85. The molecule has 0 saturated heterocycles. The summed E-state index contributed by atoms with van der Waals surface area (Å²) in [7, 11) is 0. The monoisotopic (exact) mass is 257 g/mol. The van der Waals surface area contributed by atoms with Crippen molar-refractivity contribution in [2.45, 2.75) is 58.4 Å². The van der Waals surface area contributed by atoms with Crippen LogP contribution in [0.2, 0.25) is 0 Å². The zero-order valence-electron chi connectivity index (χ0n) is 12.6. The molecule has 1 N–H and O–H groups in total. The zero-order valence-corrected chi connectivity index (χ0v) is 12.6. The first-order chi connectivity index (χ1) is 9.03. The molecule has 1 fully saturated rings. The van der Waals surface area contributed by atoms with E-state index in [1.807, 2.05) is 0 Å². The molecule has 1 nitrogen and oxygen atoms in total. The second-order valence-corrected chi connectivity index (χ2v) is 7.62. The summed E-state index contributed by atoms with van der Waals surface area (Å²) in [5.41, 5.74) is 3.66. The van der Waals surface area contributed by atoms with Gasteiger partial charge in [-0.3, -0.25) is 0 Å². The van der Waals surface area contributed by atoms with Gasteiger partial charge < -0.3 is 5.32 Å². The molecule has 3 unspecified atom stereocenters. The van der Waals surface area contributed by atoms with E-state index >= 15 is 0 Å². The van der Waals surface area contributed by atoms with E-state index in [0.29, 0.717) is 5.41 Å².